The zero-order valence-corrected chi connectivity index (χ0v) is 22.5. The summed E-state index contributed by atoms with van der Waals surface area (Å²) in [7, 11) is 0. The summed E-state index contributed by atoms with van der Waals surface area (Å²) in [6, 6.07) is 17.1. The van der Waals surface area contributed by atoms with Gasteiger partial charge in [-0.25, -0.2) is 4.98 Å². The van der Waals surface area contributed by atoms with Crippen LogP contribution in [0, 0.1) is 0 Å². The molecule has 39 heavy (non-hydrogen) atoms. The summed E-state index contributed by atoms with van der Waals surface area (Å²) in [4.78, 5) is 38.7. The number of pyridine rings is 1. The van der Waals surface area contributed by atoms with Crippen molar-refractivity contribution in [2.75, 3.05) is 50.8 Å². The Morgan fingerprint density at radius 1 is 0.897 bits per heavy atom. The molecular formula is C31H34N4O4. The van der Waals surface area contributed by atoms with Gasteiger partial charge in [0.05, 0.1) is 25.2 Å². The maximum absolute atomic E-state index is 14.4. The number of piperazine rings is 1. The van der Waals surface area contributed by atoms with Gasteiger partial charge in [-0.05, 0) is 67.3 Å². The van der Waals surface area contributed by atoms with Crippen molar-refractivity contribution in [3.8, 4) is 11.5 Å². The molecule has 8 nitrogen and oxygen atoms in total. The average molecular weight is 527 g/mol. The normalized spacial score (nSPS) is 20.2. The van der Waals surface area contributed by atoms with Gasteiger partial charge in [-0.3, -0.25) is 9.59 Å². The topological polar surface area (TPSA) is 75.2 Å². The second kappa shape index (κ2) is 10.6. The van der Waals surface area contributed by atoms with Crippen molar-refractivity contribution in [1.82, 2.24) is 14.8 Å². The molecule has 202 valence electrons. The molecule has 3 aromatic rings. The molecule has 1 aromatic heterocycles. The fraction of sp³-hybridized carbons (Fsp3) is 0.387. The van der Waals surface area contributed by atoms with E-state index in [2.05, 4.69) is 9.88 Å². The Labute approximate surface area is 229 Å². The Balaban J connectivity index is 1.38. The van der Waals surface area contributed by atoms with E-state index in [1.165, 1.54) is 0 Å². The van der Waals surface area contributed by atoms with Gasteiger partial charge in [0, 0.05) is 44.5 Å². The zero-order chi connectivity index (χ0) is 26.9. The van der Waals surface area contributed by atoms with Crippen molar-refractivity contribution in [1.29, 1.82) is 0 Å². The summed E-state index contributed by atoms with van der Waals surface area (Å²) in [6.07, 6.45) is 2.50. The van der Waals surface area contributed by atoms with Crippen molar-refractivity contribution < 1.29 is 19.1 Å². The van der Waals surface area contributed by atoms with Crippen LogP contribution in [0.3, 0.4) is 0 Å². The molecule has 6 rings (SSSR count). The van der Waals surface area contributed by atoms with E-state index in [-0.39, 0.29) is 11.8 Å². The number of hydrogen-bond acceptors (Lipinski definition) is 6. The summed E-state index contributed by atoms with van der Waals surface area (Å²) in [6.45, 7) is 8.13. The van der Waals surface area contributed by atoms with Gasteiger partial charge in [-0.1, -0.05) is 24.3 Å². The molecule has 0 bridgehead atoms. The molecule has 2 atom stereocenters. The van der Waals surface area contributed by atoms with Crippen molar-refractivity contribution in [2.24, 2.45) is 0 Å². The fourth-order valence-electron chi connectivity index (χ4n) is 6.23. The number of aromatic nitrogens is 1. The van der Waals surface area contributed by atoms with Crippen molar-refractivity contribution in [2.45, 2.75) is 32.2 Å². The second-order valence-corrected chi connectivity index (χ2v) is 10.1. The van der Waals surface area contributed by atoms with Crippen molar-refractivity contribution >= 4 is 17.6 Å². The smallest absolute Gasteiger partial charge is 0.254 e. The Morgan fingerprint density at radius 3 is 2.33 bits per heavy atom. The van der Waals surface area contributed by atoms with E-state index < -0.39 is 12.0 Å². The van der Waals surface area contributed by atoms with E-state index in [0.717, 1.165) is 22.5 Å². The first-order valence-corrected chi connectivity index (χ1v) is 13.9. The largest absolute Gasteiger partial charge is 0.490 e. The average Bonchev–Trinajstić information content (AvgIpc) is 2.98. The minimum absolute atomic E-state index is 0.0166. The maximum atomic E-state index is 14.4. The van der Waals surface area contributed by atoms with E-state index in [4.69, 9.17) is 9.47 Å². The van der Waals surface area contributed by atoms with Gasteiger partial charge in [0.2, 0.25) is 5.91 Å². The van der Waals surface area contributed by atoms with Gasteiger partial charge < -0.3 is 24.2 Å². The molecule has 0 unspecified atom stereocenters. The van der Waals surface area contributed by atoms with Crippen LogP contribution in [0.2, 0.25) is 0 Å². The summed E-state index contributed by atoms with van der Waals surface area (Å²) in [5.74, 6) is 1.84. The number of benzene rings is 2. The summed E-state index contributed by atoms with van der Waals surface area (Å²) < 4.78 is 11.9. The van der Waals surface area contributed by atoms with E-state index in [1.54, 1.807) is 6.20 Å². The van der Waals surface area contributed by atoms with Gasteiger partial charge in [-0.15, -0.1) is 0 Å². The molecule has 8 heteroatoms. The van der Waals surface area contributed by atoms with Crippen LogP contribution in [0.1, 0.15) is 52.9 Å². The highest BCUT2D eigenvalue weighted by Gasteiger charge is 2.48. The minimum Gasteiger partial charge on any atom is -0.490 e. The molecule has 0 radical (unpaired) electrons. The fourth-order valence-corrected chi connectivity index (χ4v) is 6.23. The number of rotatable bonds is 6. The third-order valence-corrected chi connectivity index (χ3v) is 8.02. The predicted molar refractivity (Wildman–Crippen MR) is 148 cm³/mol. The highest BCUT2D eigenvalue weighted by Crippen LogP contribution is 2.49. The molecule has 2 amide bonds. The molecule has 0 aliphatic carbocycles. The maximum Gasteiger partial charge on any atom is 0.254 e. The lowest BCUT2D eigenvalue weighted by molar-refractivity contribution is -0.135. The van der Waals surface area contributed by atoms with Gasteiger partial charge in [0.1, 0.15) is 5.82 Å². The standard InChI is InChI=1S/C31H34N4O4/c1-3-38-25-19-21-12-14-35-29(24(21)20-26(25)39-4-2)28(22-9-5-6-10-23(22)30(35)36)31(37)34-17-15-33(16-18-34)27-11-7-8-13-32-27/h5-11,13,19-20,28-29H,3-4,12,14-18H2,1-2H3/t28-,29+/m0/s1. The molecule has 2 aromatic carbocycles. The zero-order valence-electron chi connectivity index (χ0n) is 22.5. The Kier molecular flexibility index (Phi) is 6.85. The number of fused-ring (bicyclic) bond motifs is 4. The van der Waals surface area contributed by atoms with Crippen LogP contribution in [0.25, 0.3) is 0 Å². The number of anilines is 1. The lowest BCUT2D eigenvalue weighted by Crippen LogP contribution is -2.54. The molecule has 1 fully saturated rings. The van der Waals surface area contributed by atoms with Gasteiger partial charge in [0.25, 0.3) is 5.91 Å². The van der Waals surface area contributed by atoms with Crippen LogP contribution >= 0.6 is 0 Å². The quantitative estimate of drug-likeness (QED) is 0.482. The Hall–Kier alpha value is -4.07. The first-order chi connectivity index (χ1) is 19.1. The van der Waals surface area contributed by atoms with Crippen LogP contribution in [-0.4, -0.2) is 72.5 Å². The van der Waals surface area contributed by atoms with E-state index in [9.17, 15) is 9.59 Å². The highest BCUT2D eigenvalue weighted by molar-refractivity contribution is 6.01. The van der Waals surface area contributed by atoms with Gasteiger partial charge in [0.15, 0.2) is 11.5 Å². The first-order valence-electron chi connectivity index (χ1n) is 13.9. The van der Waals surface area contributed by atoms with Crippen molar-refractivity contribution in [3.05, 3.63) is 83.0 Å². The lowest BCUT2D eigenvalue weighted by atomic mass is 9.75. The molecule has 1 saturated heterocycles. The van der Waals surface area contributed by atoms with E-state index in [0.29, 0.717) is 69.4 Å². The molecule has 0 spiro atoms. The third kappa shape index (κ3) is 4.47. The Bertz CT molecular complexity index is 1370. The van der Waals surface area contributed by atoms with Crippen molar-refractivity contribution in [3.63, 3.8) is 0 Å². The van der Waals surface area contributed by atoms with E-state index in [1.807, 2.05) is 78.2 Å². The van der Waals surface area contributed by atoms with Crippen LogP contribution in [0.5, 0.6) is 11.5 Å². The van der Waals surface area contributed by atoms with Crippen LogP contribution in [-0.2, 0) is 11.2 Å². The monoisotopic (exact) mass is 526 g/mol. The molecule has 4 heterocycles. The summed E-state index contributed by atoms with van der Waals surface area (Å²) in [5, 5.41) is 0. The highest BCUT2D eigenvalue weighted by atomic mass is 16.5. The molecule has 0 saturated carbocycles. The molecule has 0 N–H and O–H groups in total. The number of carbonyl (C=O) groups is 2. The molecule has 3 aliphatic rings. The minimum atomic E-state index is -0.494. The number of nitrogens with zero attached hydrogens (tertiary/aromatic N) is 4. The van der Waals surface area contributed by atoms with Gasteiger partial charge in [-0.2, -0.15) is 0 Å². The SMILES string of the molecule is CCOc1cc2c(cc1OCC)[C@@H]1[C@@H](C(=O)N3CCN(c4ccccn4)CC3)c3ccccc3C(=O)N1CC2. The lowest BCUT2D eigenvalue weighted by Gasteiger charge is -2.47. The number of amides is 2. The number of carbonyl (C=O) groups excluding carboxylic acids is 2. The van der Waals surface area contributed by atoms with Crippen LogP contribution in [0.15, 0.2) is 60.8 Å². The van der Waals surface area contributed by atoms with E-state index >= 15 is 0 Å². The Morgan fingerprint density at radius 2 is 1.62 bits per heavy atom. The van der Waals surface area contributed by atoms with Crippen LogP contribution in [0.4, 0.5) is 5.82 Å². The summed E-state index contributed by atoms with van der Waals surface area (Å²) >= 11 is 0. The third-order valence-electron chi connectivity index (χ3n) is 8.02. The van der Waals surface area contributed by atoms with Crippen LogP contribution < -0.4 is 14.4 Å². The first kappa shape index (κ1) is 25.2. The second-order valence-electron chi connectivity index (χ2n) is 10.1. The van der Waals surface area contributed by atoms with Gasteiger partial charge >= 0.3 is 0 Å². The molecular weight excluding hydrogens is 492 g/mol. The molecule has 3 aliphatic heterocycles. The summed E-state index contributed by atoms with van der Waals surface area (Å²) in [5.41, 5.74) is 3.51. The number of ether oxygens (including phenoxy) is 2. The predicted octanol–water partition coefficient (Wildman–Crippen LogP) is 4.06. The number of hydrogen-bond donors (Lipinski definition) is 0.